The van der Waals surface area contributed by atoms with Gasteiger partial charge in [0, 0.05) is 16.2 Å². The number of fused-ring (bicyclic) bond motifs is 1. The summed E-state index contributed by atoms with van der Waals surface area (Å²) in [7, 11) is 0. The predicted octanol–water partition coefficient (Wildman–Crippen LogP) is 5.25. The lowest BCUT2D eigenvalue weighted by Gasteiger charge is -2.18. The topological polar surface area (TPSA) is 12.0 Å². The van der Waals surface area contributed by atoms with E-state index in [0.717, 1.165) is 15.7 Å². The van der Waals surface area contributed by atoms with Crippen LogP contribution in [0.1, 0.15) is 36.1 Å². The van der Waals surface area contributed by atoms with Gasteiger partial charge in [-0.05, 0) is 67.1 Å². The molecule has 3 rings (SSSR count). The van der Waals surface area contributed by atoms with Gasteiger partial charge in [0.05, 0.1) is 0 Å². The maximum atomic E-state index is 13.1. The lowest BCUT2D eigenvalue weighted by Crippen LogP contribution is -2.07. The van der Waals surface area contributed by atoms with Crippen LogP contribution in [0.4, 0.5) is 10.1 Å². The van der Waals surface area contributed by atoms with Crippen LogP contribution in [0.25, 0.3) is 0 Å². The maximum absolute atomic E-state index is 13.1. The van der Waals surface area contributed by atoms with E-state index in [1.165, 1.54) is 42.5 Å². The van der Waals surface area contributed by atoms with Crippen LogP contribution in [-0.4, -0.2) is 0 Å². The highest BCUT2D eigenvalue weighted by Crippen LogP contribution is 2.29. The Morgan fingerprint density at radius 1 is 1.10 bits per heavy atom. The highest BCUT2D eigenvalue weighted by Gasteiger charge is 2.13. The number of anilines is 1. The summed E-state index contributed by atoms with van der Waals surface area (Å²) >= 11 is 3.43. The van der Waals surface area contributed by atoms with Crippen LogP contribution in [0.15, 0.2) is 40.9 Å². The third-order valence-electron chi connectivity index (χ3n) is 3.91. The zero-order valence-corrected chi connectivity index (χ0v) is 13.0. The quantitative estimate of drug-likeness (QED) is 0.808. The molecule has 0 amide bonds. The molecular formula is C17H17BrFN. The molecule has 1 unspecified atom stereocenters. The van der Waals surface area contributed by atoms with E-state index >= 15 is 0 Å². The Bertz CT molecular complexity index is 639. The van der Waals surface area contributed by atoms with Gasteiger partial charge in [0.2, 0.25) is 0 Å². The first-order valence-electron chi connectivity index (χ1n) is 6.97. The highest BCUT2D eigenvalue weighted by molar-refractivity contribution is 9.10. The van der Waals surface area contributed by atoms with Crippen LogP contribution in [0.3, 0.4) is 0 Å². The Morgan fingerprint density at radius 2 is 1.90 bits per heavy atom. The van der Waals surface area contributed by atoms with Gasteiger partial charge in [-0.1, -0.05) is 28.1 Å². The molecule has 1 N–H and O–H groups in total. The second-order valence-corrected chi connectivity index (χ2v) is 6.22. The summed E-state index contributed by atoms with van der Waals surface area (Å²) in [6.45, 7) is 2.09. The van der Waals surface area contributed by atoms with Crippen LogP contribution >= 0.6 is 15.9 Å². The minimum Gasteiger partial charge on any atom is -0.378 e. The zero-order chi connectivity index (χ0) is 14.1. The van der Waals surface area contributed by atoms with E-state index in [4.69, 9.17) is 0 Å². The Labute approximate surface area is 127 Å². The number of hydrogen-bond acceptors (Lipinski definition) is 1. The monoisotopic (exact) mass is 333 g/mol. The molecule has 2 aromatic carbocycles. The lowest BCUT2D eigenvalue weighted by atomic mass is 10.1. The summed E-state index contributed by atoms with van der Waals surface area (Å²) in [5.74, 6) is -0.217. The molecule has 0 radical (unpaired) electrons. The molecule has 104 valence electrons. The van der Waals surface area contributed by atoms with E-state index in [2.05, 4.69) is 46.4 Å². The summed E-state index contributed by atoms with van der Waals surface area (Å²) in [5, 5.41) is 3.50. The number of rotatable bonds is 3. The zero-order valence-electron chi connectivity index (χ0n) is 11.4. The summed E-state index contributed by atoms with van der Waals surface area (Å²) in [6, 6.07) is 11.6. The van der Waals surface area contributed by atoms with Crippen molar-refractivity contribution in [2.75, 3.05) is 5.32 Å². The van der Waals surface area contributed by atoms with Gasteiger partial charge in [-0.2, -0.15) is 0 Å². The molecule has 0 fully saturated rings. The molecule has 20 heavy (non-hydrogen) atoms. The highest BCUT2D eigenvalue weighted by atomic mass is 79.9. The van der Waals surface area contributed by atoms with Crippen molar-refractivity contribution in [3.8, 4) is 0 Å². The summed E-state index contributed by atoms with van der Waals surface area (Å²) in [4.78, 5) is 0. The van der Waals surface area contributed by atoms with Crippen molar-refractivity contribution < 1.29 is 4.39 Å². The molecular weight excluding hydrogens is 317 g/mol. The van der Waals surface area contributed by atoms with Crippen LogP contribution in [0, 0.1) is 5.82 Å². The largest absolute Gasteiger partial charge is 0.378 e. The lowest BCUT2D eigenvalue weighted by molar-refractivity contribution is 0.625. The van der Waals surface area contributed by atoms with Crippen LogP contribution in [0.2, 0.25) is 0 Å². The van der Waals surface area contributed by atoms with Gasteiger partial charge in [0.15, 0.2) is 0 Å². The Balaban J connectivity index is 1.80. The summed E-state index contributed by atoms with van der Waals surface area (Å²) in [5.41, 5.74) is 5.13. The fraction of sp³-hybridized carbons (Fsp3) is 0.294. The minimum absolute atomic E-state index is 0.129. The normalized spacial score (nSPS) is 14.9. The number of hydrogen-bond donors (Lipinski definition) is 1. The van der Waals surface area contributed by atoms with Gasteiger partial charge in [-0.3, -0.25) is 0 Å². The van der Waals surface area contributed by atoms with Gasteiger partial charge in [0.1, 0.15) is 5.82 Å². The Hall–Kier alpha value is -1.35. The van der Waals surface area contributed by atoms with Crippen molar-refractivity contribution in [2.45, 2.75) is 32.2 Å². The second kappa shape index (κ2) is 5.57. The van der Waals surface area contributed by atoms with Crippen molar-refractivity contribution in [1.29, 1.82) is 0 Å². The van der Waals surface area contributed by atoms with Crippen LogP contribution < -0.4 is 5.32 Å². The molecule has 0 saturated heterocycles. The Morgan fingerprint density at radius 3 is 2.70 bits per heavy atom. The average molecular weight is 334 g/mol. The van der Waals surface area contributed by atoms with E-state index in [1.54, 1.807) is 0 Å². The van der Waals surface area contributed by atoms with E-state index < -0.39 is 0 Å². The first-order valence-corrected chi connectivity index (χ1v) is 7.76. The Kier molecular flexibility index (Phi) is 3.79. The number of halogens is 2. The van der Waals surface area contributed by atoms with E-state index in [1.807, 2.05) is 6.07 Å². The molecule has 0 spiro atoms. The maximum Gasteiger partial charge on any atom is 0.124 e. The fourth-order valence-electron chi connectivity index (χ4n) is 2.84. The molecule has 0 aliphatic heterocycles. The smallest absolute Gasteiger partial charge is 0.124 e. The first kappa shape index (κ1) is 13.6. The van der Waals surface area contributed by atoms with Gasteiger partial charge in [-0.15, -0.1) is 0 Å². The molecule has 3 heteroatoms. The van der Waals surface area contributed by atoms with Crippen molar-refractivity contribution in [2.24, 2.45) is 0 Å². The van der Waals surface area contributed by atoms with Gasteiger partial charge >= 0.3 is 0 Å². The van der Waals surface area contributed by atoms with Crippen molar-refractivity contribution in [1.82, 2.24) is 0 Å². The molecule has 1 nitrogen and oxygen atoms in total. The van der Waals surface area contributed by atoms with Crippen molar-refractivity contribution >= 4 is 21.6 Å². The van der Waals surface area contributed by atoms with E-state index in [9.17, 15) is 4.39 Å². The fourth-order valence-corrected chi connectivity index (χ4v) is 3.54. The molecule has 0 saturated carbocycles. The second-order valence-electron chi connectivity index (χ2n) is 5.37. The first-order chi connectivity index (χ1) is 9.63. The van der Waals surface area contributed by atoms with Crippen LogP contribution in [-0.2, 0) is 12.8 Å². The predicted molar refractivity (Wildman–Crippen MR) is 84.6 cm³/mol. The molecule has 1 aliphatic carbocycles. The van der Waals surface area contributed by atoms with Crippen LogP contribution in [0.5, 0.6) is 0 Å². The average Bonchev–Trinajstić information content (AvgIpc) is 2.85. The summed E-state index contributed by atoms with van der Waals surface area (Å²) in [6.07, 6.45) is 3.64. The van der Waals surface area contributed by atoms with Gasteiger partial charge in [-0.25, -0.2) is 4.39 Å². The molecule has 0 aromatic heterocycles. The van der Waals surface area contributed by atoms with Gasteiger partial charge < -0.3 is 5.32 Å². The van der Waals surface area contributed by atoms with Gasteiger partial charge in [0.25, 0.3) is 0 Å². The molecule has 1 aliphatic rings. The van der Waals surface area contributed by atoms with Crippen molar-refractivity contribution in [3.05, 3.63) is 63.4 Å². The third kappa shape index (κ3) is 2.73. The molecule has 0 bridgehead atoms. The summed E-state index contributed by atoms with van der Waals surface area (Å²) < 4.78 is 13.9. The SMILES string of the molecule is CC(Nc1ccc2c(c1)CCC2)c1ccc(F)cc1Br. The van der Waals surface area contributed by atoms with E-state index in [-0.39, 0.29) is 11.9 Å². The molecule has 0 heterocycles. The molecule has 2 aromatic rings. The molecule has 1 atom stereocenters. The third-order valence-corrected chi connectivity index (χ3v) is 4.60. The number of aryl methyl sites for hydroxylation is 2. The number of nitrogens with one attached hydrogen (secondary N) is 1. The van der Waals surface area contributed by atoms with Crippen molar-refractivity contribution in [3.63, 3.8) is 0 Å². The minimum atomic E-state index is -0.217. The number of benzene rings is 2. The van der Waals surface area contributed by atoms with E-state index in [0.29, 0.717) is 0 Å². The standard InChI is InChI=1S/C17H17BrFN/c1-11(16-8-6-14(19)10-17(16)18)20-15-7-5-12-3-2-4-13(12)9-15/h5-11,20H,2-4H2,1H3.